The van der Waals surface area contributed by atoms with E-state index >= 15 is 0 Å². The van der Waals surface area contributed by atoms with E-state index in [1.54, 1.807) is 11.1 Å². The Morgan fingerprint density at radius 1 is 1.22 bits per heavy atom. The Bertz CT molecular complexity index is 769. The number of aromatic nitrogens is 3. The summed E-state index contributed by atoms with van der Waals surface area (Å²) in [7, 11) is 0. The minimum Gasteiger partial charge on any atom is -0.450 e. The van der Waals surface area contributed by atoms with Crippen LogP contribution in [0, 0.1) is 13.8 Å². The lowest BCUT2D eigenvalue weighted by Gasteiger charge is -2.31. The third-order valence-corrected chi connectivity index (χ3v) is 4.41. The molecule has 2 heterocycles. The van der Waals surface area contributed by atoms with Gasteiger partial charge in [-0.1, -0.05) is 6.07 Å². The molecule has 144 valence electrons. The molecule has 8 nitrogen and oxygen atoms in total. The first-order chi connectivity index (χ1) is 13.0. The maximum Gasteiger partial charge on any atom is 0.409 e. The van der Waals surface area contributed by atoms with E-state index in [0.717, 1.165) is 18.5 Å². The van der Waals surface area contributed by atoms with Crippen molar-refractivity contribution >= 4 is 23.5 Å². The predicted octanol–water partition coefficient (Wildman–Crippen LogP) is 3.26. The van der Waals surface area contributed by atoms with Crippen LogP contribution in [-0.4, -0.2) is 51.9 Å². The Balaban J connectivity index is 1.57. The summed E-state index contributed by atoms with van der Waals surface area (Å²) >= 11 is 0. The summed E-state index contributed by atoms with van der Waals surface area (Å²) in [5.41, 5.74) is 3.29. The molecule has 3 rings (SSSR count). The van der Waals surface area contributed by atoms with Gasteiger partial charge in [0.25, 0.3) is 0 Å². The molecule has 1 aromatic carbocycles. The van der Waals surface area contributed by atoms with Crippen LogP contribution in [0.2, 0.25) is 0 Å². The average molecular weight is 370 g/mol. The van der Waals surface area contributed by atoms with E-state index in [-0.39, 0.29) is 12.1 Å². The van der Waals surface area contributed by atoms with Gasteiger partial charge in [0.2, 0.25) is 5.95 Å². The molecule has 27 heavy (non-hydrogen) atoms. The van der Waals surface area contributed by atoms with E-state index in [9.17, 15) is 4.79 Å². The number of ether oxygens (including phenoxy) is 1. The van der Waals surface area contributed by atoms with Crippen molar-refractivity contribution in [2.75, 3.05) is 30.3 Å². The molecule has 0 spiro atoms. The topological polar surface area (TPSA) is 92.3 Å². The smallest absolute Gasteiger partial charge is 0.409 e. The highest BCUT2D eigenvalue weighted by atomic mass is 16.6. The van der Waals surface area contributed by atoms with Gasteiger partial charge in [0.15, 0.2) is 5.82 Å². The Morgan fingerprint density at radius 3 is 2.59 bits per heavy atom. The molecule has 1 amide bonds. The summed E-state index contributed by atoms with van der Waals surface area (Å²) in [5, 5.41) is 14.7. The fourth-order valence-corrected chi connectivity index (χ4v) is 3.23. The van der Waals surface area contributed by atoms with Crippen molar-refractivity contribution in [2.24, 2.45) is 0 Å². The summed E-state index contributed by atoms with van der Waals surface area (Å²) < 4.78 is 5.05. The molecule has 2 aromatic rings. The lowest BCUT2D eigenvalue weighted by atomic mass is 10.1. The van der Waals surface area contributed by atoms with Crippen LogP contribution in [0.4, 0.5) is 22.2 Å². The minimum absolute atomic E-state index is 0.236. The van der Waals surface area contributed by atoms with Gasteiger partial charge in [-0.3, -0.25) is 0 Å². The van der Waals surface area contributed by atoms with Crippen molar-refractivity contribution in [2.45, 2.75) is 39.7 Å². The third-order valence-electron chi connectivity index (χ3n) is 4.41. The number of anilines is 3. The third kappa shape index (κ3) is 5.29. The van der Waals surface area contributed by atoms with Gasteiger partial charge in [0.1, 0.15) is 0 Å². The lowest BCUT2D eigenvalue weighted by molar-refractivity contribution is 0.0983. The Morgan fingerprint density at radius 2 is 1.93 bits per heavy atom. The maximum atomic E-state index is 11.8. The molecule has 1 aliphatic heterocycles. The number of rotatable bonds is 5. The largest absolute Gasteiger partial charge is 0.450 e. The van der Waals surface area contributed by atoms with Crippen molar-refractivity contribution in [3.05, 3.63) is 35.5 Å². The highest BCUT2D eigenvalue weighted by Gasteiger charge is 2.23. The van der Waals surface area contributed by atoms with Gasteiger partial charge in [-0.05, 0) is 56.9 Å². The zero-order valence-corrected chi connectivity index (χ0v) is 16.0. The van der Waals surface area contributed by atoms with Gasteiger partial charge in [-0.15, -0.1) is 5.10 Å². The van der Waals surface area contributed by atoms with Crippen LogP contribution in [0.1, 0.15) is 30.9 Å². The van der Waals surface area contributed by atoms with Crippen molar-refractivity contribution in [3.8, 4) is 0 Å². The van der Waals surface area contributed by atoms with Crippen LogP contribution in [0.3, 0.4) is 0 Å². The second-order valence-electron chi connectivity index (χ2n) is 6.77. The van der Waals surface area contributed by atoms with E-state index in [4.69, 9.17) is 4.74 Å². The predicted molar refractivity (Wildman–Crippen MR) is 104 cm³/mol. The number of piperidine rings is 1. The number of amides is 1. The molecule has 0 aliphatic carbocycles. The zero-order valence-electron chi connectivity index (χ0n) is 16.0. The van der Waals surface area contributed by atoms with Crippen molar-refractivity contribution in [1.29, 1.82) is 0 Å². The Labute approximate surface area is 159 Å². The highest BCUT2D eigenvalue weighted by molar-refractivity contribution is 5.67. The van der Waals surface area contributed by atoms with Gasteiger partial charge in [-0.2, -0.15) is 10.1 Å². The monoisotopic (exact) mass is 370 g/mol. The molecule has 0 atom stereocenters. The van der Waals surface area contributed by atoms with Crippen LogP contribution < -0.4 is 10.6 Å². The number of carbonyl (C=O) groups excluding carboxylic acids is 1. The standard InChI is InChI=1S/C19H26N6O2/c1-4-27-19(26)25-7-5-15(6-8-25)21-17-12-20-24-18(23-17)22-16-10-13(2)9-14(3)11-16/h9-12,15H,4-8H2,1-3H3,(H2,21,22,23,24). The molecule has 1 aliphatic rings. The first-order valence-electron chi connectivity index (χ1n) is 9.27. The van der Waals surface area contributed by atoms with Crippen molar-refractivity contribution in [3.63, 3.8) is 0 Å². The first-order valence-corrected chi connectivity index (χ1v) is 9.27. The van der Waals surface area contributed by atoms with Crippen molar-refractivity contribution in [1.82, 2.24) is 20.1 Å². The SMILES string of the molecule is CCOC(=O)N1CCC(Nc2cnnc(Nc3cc(C)cc(C)c3)n2)CC1. The summed E-state index contributed by atoms with van der Waals surface area (Å²) in [6, 6.07) is 6.44. The van der Waals surface area contributed by atoms with Crippen molar-refractivity contribution < 1.29 is 9.53 Å². The molecule has 1 saturated heterocycles. The molecule has 0 saturated carbocycles. The summed E-state index contributed by atoms with van der Waals surface area (Å²) in [6.07, 6.45) is 3.05. The highest BCUT2D eigenvalue weighted by Crippen LogP contribution is 2.19. The quantitative estimate of drug-likeness (QED) is 0.834. The van der Waals surface area contributed by atoms with Gasteiger partial charge in [0, 0.05) is 24.8 Å². The second kappa shape index (κ2) is 8.66. The van der Waals surface area contributed by atoms with Crippen LogP contribution in [-0.2, 0) is 4.74 Å². The number of nitrogens with zero attached hydrogens (tertiary/aromatic N) is 4. The zero-order chi connectivity index (χ0) is 19.2. The van der Waals surface area contributed by atoms with Gasteiger partial charge < -0.3 is 20.3 Å². The molecular weight excluding hydrogens is 344 g/mol. The van der Waals surface area contributed by atoms with E-state index in [1.165, 1.54) is 11.1 Å². The van der Waals surface area contributed by atoms with E-state index in [0.29, 0.717) is 31.5 Å². The van der Waals surface area contributed by atoms with Crippen LogP contribution in [0.5, 0.6) is 0 Å². The Kier molecular flexibility index (Phi) is 6.05. The van der Waals surface area contributed by atoms with E-state index < -0.39 is 0 Å². The number of hydrogen-bond donors (Lipinski definition) is 2. The fraction of sp³-hybridized carbons (Fsp3) is 0.474. The molecule has 0 radical (unpaired) electrons. The number of aryl methyl sites for hydroxylation is 2. The fourth-order valence-electron chi connectivity index (χ4n) is 3.23. The molecular formula is C19H26N6O2. The molecule has 1 aromatic heterocycles. The molecule has 8 heteroatoms. The molecule has 0 unspecified atom stereocenters. The molecule has 2 N–H and O–H groups in total. The van der Waals surface area contributed by atoms with Gasteiger partial charge in [-0.25, -0.2) is 4.79 Å². The number of hydrogen-bond acceptors (Lipinski definition) is 7. The maximum absolute atomic E-state index is 11.8. The summed E-state index contributed by atoms with van der Waals surface area (Å²) in [6.45, 7) is 7.67. The van der Waals surface area contributed by atoms with Gasteiger partial charge >= 0.3 is 6.09 Å². The number of nitrogens with one attached hydrogen (secondary N) is 2. The lowest BCUT2D eigenvalue weighted by Crippen LogP contribution is -2.42. The van der Waals surface area contributed by atoms with Gasteiger partial charge in [0.05, 0.1) is 12.8 Å². The Hall–Kier alpha value is -2.90. The number of benzene rings is 1. The number of likely N-dealkylation sites (tertiary alicyclic amines) is 1. The minimum atomic E-state index is -0.236. The number of carbonyl (C=O) groups is 1. The summed E-state index contributed by atoms with van der Waals surface area (Å²) in [5.74, 6) is 1.13. The second-order valence-corrected chi connectivity index (χ2v) is 6.77. The molecule has 1 fully saturated rings. The average Bonchev–Trinajstić information content (AvgIpc) is 2.62. The first kappa shape index (κ1) is 18.9. The summed E-state index contributed by atoms with van der Waals surface area (Å²) in [4.78, 5) is 18.0. The van der Waals surface area contributed by atoms with Crippen LogP contribution in [0.25, 0.3) is 0 Å². The van der Waals surface area contributed by atoms with E-state index in [2.05, 4.69) is 45.7 Å². The van der Waals surface area contributed by atoms with E-state index in [1.807, 2.05) is 19.1 Å². The van der Waals surface area contributed by atoms with Crippen LogP contribution in [0.15, 0.2) is 24.4 Å². The normalized spacial score (nSPS) is 14.7. The molecule has 0 bridgehead atoms. The van der Waals surface area contributed by atoms with Crippen LogP contribution >= 0.6 is 0 Å².